The zero-order valence-electron chi connectivity index (χ0n) is 16.7. The molecule has 154 valence electrons. The summed E-state index contributed by atoms with van der Waals surface area (Å²) in [7, 11) is 1.61. The Hall–Kier alpha value is -2.73. The lowest BCUT2D eigenvalue weighted by Crippen LogP contribution is -2.32. The van der Waals surface area contributed by atoms with Crippen LogP contribution in [0.25, 0.3) is 0 Å². The molecule has 1 amide bonds. The smallest absolute Gasteiger partial charge is 0.273 e. The Kier molecular flexibility index (Phi) is 7.36. The molecule has 3 rings (SSSR count). The van der Waals surface area contributed by atoms with Crippen molar-refractivity contribution in [1.82, 2.24) is 5.01 Å². The first kappa shape index (κ1) is 21.0. The second kappa shape index (κ2) is 10.2. The Bertz CT molecular complexity index is 868. The summed E-state index contributed by atoms with van der Waals surface area (Å²) in [6, 6.07) is 12.8. The first-order chi connectivity index (χ1) is 14.2. The number of carbonyl (C=O) groups excluding carboxylic acids is 1. The quantitative estimate of drug-likeness (QED) is 0.600. The van der Waals surface area contributed by atoms with Crippen molar-refractivity contribution < 1.29 is 19.0 Å². The molecule has 0 saturated heterocycles. The minimum atomic E-state index is -0.135. The Morgan fingerprint density at radius 2 is 1.93 bits per heavy atom. The third kappa shape index (κ3) is 5.21. The van der Waals surface area contributed by atoms with E-state index in [1.807, 2.05) is 25.1 Å². The number of benzene rings is 2. The van der Waals surface area contributed by atoms with Gasteiger partial charge in [0.05, 0.1) is 25.3 Å². The van der Waals surface area contributed by atoms with Crippen molar-refractivity contribution in [2.45, 2.75) is 19.8 Å². The van der Waals surface area contributed by atoms with Crippen molar-refractivity contribution in [2.24, 2.45) is 5.10 Å². The Balaban J connectivity index is 1.79. The van der Waals surface area contributed by atoms with Crippen LogP contribution in [0.4, 0.5) is 0 Å². The van der Waals surface area contributed by atoms with Gasteiger partial charge in [-0.2, -0.15) is 5.10 Å². The van der Waals surface area contributed by atoms with E-state index >= 15 is 0 Å². The van der Waals surface area contributed by atoms with Crippen LogP contribution in [0.15, 0.2) is 47.6 Å². The number of hydrogen-bond acceptors (Lipinski definition) is 5. The van der Waals surface area contributed by atoms with Crippen LogP contribution >= 0.6 is 11.6 Å². The molecular weight excluding hydrogens is 392 g/mol. The number of alkyl halides is 1. The lowest BCUT2D eigenvalue weighted by molar-refractivity contribution is 0.0751. The van der Waals surface area contributed by atoms with Gasteiger partial charge >= 0.3 is 0 Å². The van der Waals surface area contributed by atoms with E-state index in [4.69, 9.17) is 25.8 Å². The molecule has 1 heterocycles. The first-order valence-corrected chi connectivity index (χ1v) is 10.2. The summed E-state index contributed by atoms with van der Waals surface area (Å²) in [5.41, 5.74) is 2.35. The lowest BCUT2D eigenvalue weighted by atomic mass is 10.0. The lowest BCUT2D eigenvalue weighted by Gasteiger charge is -2.24. The molecule has 0 atom stereocenters. The SMILES string of the molecule is CCOc1cc(C2=NN(C(=O)c3ccc(OCCCl)cc3)CCC2)ccc1OC. The number of carbonyl (C=O) groups is 1. The van der Waals surface area contributed by atoms with E-state index in [1.54, 1.807) is 31.4 Å². The molecule has 0 saturated carbocycles. The van der Waals surface area contributed by atoms with Crippen molar-refractivity contribution in [3.63, 3.8) is 0 Å². The van der Waals surface area contributed by atoms with Crippen molar-refractivity contribution in [3.05, 3.63) is 53.6 Å². The molecule has 29 heavy (non-hydrogen) atoms. The summed E-state index contributed by atoms with van der Waals surface area (Å²) >= 11 is 5.63. The van der Waals surface area contributed by atoms with Crippen LogP contribution in [-0.4, -0.2) is 49.4 Å². The summed E-state index contributed by atoms with van der Waals surface area (Å²) in [5.74, 6) is 2.32. The molecule has 7 heteroatoms. The number of amides is 1. The molecule has 0 N–H and O–H groups in total. The Morgan fingerprint density at radius 1 is 1.14 bits per heavy atom. The van der Waals surface area contributed by atoms with Crippen LogP contribution in [-0.2, 0) is 0 Å². The van der Waals surface area contributed by atoms with E-state index in [0.717, 1.165) is 24.1 Å². The van der Waals surface area contributed by atoms with Crippen LogP contribution in [0.5, 0.6) is 17.2 Å². The number of hydrazone groups is 1. The van der Waals surface area contributed by atoms with E-state index in [-0.39, 0.29) is 5.91 Å². The molecule has 0 aromatic heterocycles. The predicted octanol–water partition coefficient (Wildman–Crippen LogP) is 4.35. The third-order valence-corrected chi connectivity index (χ3v) is 4.66. The monoisotopic (exact) mass is 416 g/mol. The van der Waals surface area contributed by atoms with Crippen LogP contribution in [0.2, 0.25) is 0 Å². The topological polar surface area (TPSA) is 60.4 Å². The zero-order valence-corrected chi connectivity index (χ0v) is 17.4. The van der Waals surface area contributed by atoms with Crippen molar-refractivity contribution in [2.75, 3.05) is 32.7 Å². The highest BCUT2D eigenvalue weighted by molar-refractivity contribution is 6.18. The number of ether oxygens (including phenoxy) is 3. The molecular formula is C22H25ClN2O4. The van der Waals surface area contributed by atoms with Crippen molar-refractivity contribution in [1.29, 1.82) is 0 Å². The highest BCUT2D eigenvalue weighted by Crippen LogP contribution is 2.29. The fraction of sp³-hybridized carbons (Fsp3) is 0.364. The van der Waals surface area contributed by atoms with Crippen LogP contribution in [0, 0.1) is 0 Å². The summed E-state index contributed by atoms with van der Waals surface area (Å²) < 4.78 is 16.5. The van der Waals surface area contributed by atoms with Gasteiger partial charge < -0.3 is 14.2 Å². The summed E-state index contributed by atoms with van der Waals surface area (Å²) in [6.45, 7) is 3.49. The Labute approximate surface area is 176 Å². The van der Waals surface area contributed by atoms with E-state index in [9.17, 15) is 4.79 Å². The summed E-state index contributed by atoms with van der Waals surface area (Å²) in [4.78, 5) is 12.9. The molecule has 0 spiro atoms. The minimum absolute atomic E-state index is 0.135. The number of halogens is 1. The second-order valence-electron chi connectivity index (χ2n) is 6.44. The predicted molar refractivity (Wildman–Crippen MR) is 114 cm³/mol. The van der Waals surface area contributed by atoms with E-state index in [1.165, 1.54) is 5.01 Å². The van der Waals surface area contributed by atoms with Gasteiger partial charge in [0, 0.05) is 17.7 Å². The van der Waals surface area contributed by atoms with Gasteiger partial charge in [0.15, 0.2) is 11.5 Å². The molecule has 0 unspecified atom stereocenters. The molecule has 6 nitrogen and oxygen atoms in total. The van der Waals surface area contributed by atoms with Gasteiger partial charge in [-0.3, -0.25) is 4.79 Å². The minimum Gasteiger partial charge on any atom is -0.493 e. The number of hydrogen-bond donors (Lipinski definition) is 0. The number of nitrogens with zero attached hydrogens (tertiary/aromatic N) is 2. The van der Waals surface area contributed by atoms with Gasteiger partial charge in [-0.1, -0.05) is 0 Å². The average Bonchev–Trinajstić information content (AvgIpc) is 2.78. The van der Waals surface area contributed by atoms with Crippen molar-refractivity contribution >= 4 is 23.2 Å². The van der Waals surface area contributed by atoms with Crippen LogP contribution < -0.4 is 14.2 Å². The molecule has 0 radical (unpaired) electrons. The third-order valence-electron chi connectivity index (χ3n) is 4.50. The molecule has 1 aliphatic heterocycles. The standard InChI is InChI=1S/C22H25ClN2O4/c1-3-28-21-15-17(8-11-20(21)27-2)19-5-4-13-25(24-19)22(26)16-6-9-18(10-7-16)29-14-12-23/h6-11,15H,3-5,12-14H2,1-2H3. The van der Waals surface area contributed by atoms with Gasteiger partial charge in [-0.05, 0) is 62.2 Å². The molecule has 1 aliphatic rings. The van der Waals surface area contributed by atoms with Crippen LogP contribution in [0.3, 0.4) is 0 Å². The van der Waals surface area contributed by atoms with E-state index in [0.29, 0.717) is 48.5 Å². The highest BCUT2D eigenvalue weighted by Gasteiger charge is 2.21. The average molecular weight is 417 g/mol. The normalized spacial score (nSPS) is 13.6. The summed E-state index contributed by atoms with van der Waals surface area (Å²) in [5, 5.41) is 6.14. The largest absolute Gasteiger partial charge is 0.493 e. The van der Waals surface area contributed by atoms with Crippen LogP contribution in [0.1, 0.15) is 35.7 Å². The maximum absolute atomic E-state index is 12.9. The second-order valence-corrected chi connectivity index (χ2v) is 6.82. The van der Waals surface area contributed by atoms with Crippen molar-refractivity contribution in [3.8, 4) is 17.2 Å². The fourth-order valence-electron chi connectivity index (χ4n) is 3.11. The van der Waals surface area contributed by atoms with Gasteiger partial charge in [-0.25, -0.2) is 5.01 Å². The van der Waals surface area contributed by atoms with Gasteiger partial charge in [-0.15, -0.1) is 11.6 Å². The maximum atomic E-state index is 12.9. The number of methoxy groups -OCH3 is 1. The van der Waals surface area contributed by atoms with Gasteiger partial charge in [0.25, 0.3) is 5.91 Å². The number of rotatable bonds is 8. The molecule has 0 fully saturated rings. The fourth-order valence-corrected chi connectivity index (χ4v) is 3.19. The zero-order chi connectivity index (χ0) is 20.6. The Morgan fingerprint density at radius 3 is 2.62 bits per heavy atom. The summed E-state index contributed by atoms with van der Waals surface area (Å²) in [6.07, 6.45) is 1.64. The molecule has 0 bridgehead atoms. The highest BCUT2D eigenvalue weighted by atomic mass is 35.5. The molecule has 0 aliphatic carbocycles. The molecule has 2 aromatic rings. The van der Waals surface area contributed by atoms with E-state index < -0.39 is 0 Å². The maximum Gasteiger partial charge on any atom is 0.273 e. The first-order valence-electron chi connectivity index (χ1n) is 9.65. The van der Waals surface area contributed by atoms with E-state index in [2.05, 4.69) is 5.10 Å². The van der Waals surface area contributed by atoms with Gasteiger partial charge in [0.2, 0.25) is 0 Å². The molecule has 2 aromatic carbocycles. The van der Waals surface area contributed by atoms with Gasteiger partial charge in [0.1, 0.15) is 12.4 Å².